The number of carbonyl (C=O) groups is 1. The summed E-state index contributed by atoms with van der Waals surface area (Å²) in [5, 5.41) is 20.2. The number of fused-ring (bicyclic) bond motifs is 1. The maximum atomic E-state index is 11.8. The van der Waals surface area contributed by atoms with Crippen LogP contribution in [0.1, 0.15) is 5.82 Å². The van der Waals surface area contributed by atoms with Crippen LogP contribution in [0.25, 0.3) is 16.6 Å². The van der Waals surface area contributed by atoms with Crippen LogP contribution in [0.5, 0.6) is 5.75 Å². The number of imidazole rings is 1. The van der Waals surface area contributed by atoms with Crippen molar-refractivity contribution in [2.75, 3.05) is 13.2 Å². The Balaban J connectivity index is 1.63. The molecule has 2 aromatic carbocycles. The van der Waals surface area contributed by atoms with Crippen molar-refractivity contribution < 1.29 is 19.4 Å². The molecular formula is C19H13Cl2N3O4. The number of nitrogens with zero attached hydrogens (tertiary/aromatic N) is 2. The Kier molecular flexibility index (Phi) is 6.04. The van der Waals surface area contributed by atoms with Crippen molar-refractivity contribution in [3.05, 3.63) is 64.1 Å². The topological polar surface area (TPSA) is 108 Å². The summed E-state index contributed by atoms with van der Waals surface area (Å²) in [6.45, 7) is -0.933. The molecule has 0 aliphatic rings. The first kappa shape index (κ1) is 19.5. The molecule has 0 amide bonds. The van der Waals surface area contributed by atoms with E-state index in [1.54, 1.807) is 24.3 Å². The third-order valence-corrected chi connectivity index (χ3v) is 4.17. The highest BCUT2D eigenvalue weighted by Crippen LogP contribution is 2.27. The van der Waals surface area contributed by atoms with Crippen LogP contribution in [0.3, 0.4) is 0 Å². The molecule has 9 heteroatoms. The predicted molar refractivity (Wildman–Crippen MR) is 104 cm³/mol. The first-order valence-electron chi connectivity index (χ1n) is 7.98. The van der Waals surface area contributed by atoms with E-state index in [4.69, 9.17) is 32.7 Å². The van der Waals surface area contributed by atoms with E-state index >= 15 is 0 Å². The molecule has 0 radical (unpaired) electrons. The molecule has 0 aliphatic heterocycles. The number of H-pyrrole nitrogens is 1. The quantitative estimate of drug-likeness (QED) is 0.351. The van der Waals surface area contributed by atoms with Gasteiger partial charge in [-0.25, -0.2) is 9.78 Å². The summed E-state index contributed by atoms with van der Waals surface area (Å²) in [5.74, 6) is -0.733. The molecule has 28 heavy (non-hydrogen) atoms. The van der Waals surface area contributed by atoms with Crippen molar-refractivity contribution in [2.24, 2.45) is 0 Å². The zero-order chi connectivity index (χ0) is 20.1. The van der Waals surface area contributed by atoms with E-state index in [-0.39, 0.29) is 22.2 Å². The highest BCUT2D eigenvalue weighted by atomic mass is 35.5. The lowest BCUT2D eigenvalue weighted by molar-refractivity contribution is -0.145. The van der Waals surface area contributed by atoms with Gasteiger partial charge >= 0.3 is 5.97 Å². The van der Waals surface area contributed by atoms with Crippen molar-refractivity contribution in [3.8, 4) is 11.8 Å². The van der Waals surface area contributed by atoms with E-state index in [0.29, 0.717) is 16.1 Å². The molecule has 0 fully saturated rings. The monoisotopic (exact) mass is 417 g/mol. The molecule has 0 saturated carbocycles. The van der Waals surface area contributed by atoms with Gasteiger partial charge in [0, 0.05) is 5.02 Å². The van der Waals surface area contributed by atoms with Crippen LogP contribution in [0.15, 0.2) is 48.2 Å². The van der Waals surface area contributed by atoms with Gasteiger partial charge in [-0.05, 0) is 30.3 Å². The third-order valence-electron chi connectivity index (χ3n) is 3.64. The number of halogens is 2. The molecule has 7 nitrogen and oxygen atoms in total. The zero-order valence-corrected chi connectivity index (χ0v) is 15.8. The van der Waals surface area contributed by atoms with Crippen LogP contribution in [-0.4, -0.2) is 34.3 Å². The molecule has 1 heterocycles. The summed E-state index contributed by atoms with van der Waals surface area (Å²) in [7, 11) is 0. The number of aliphatic hydroxyl groups is 1. The maximum absolute atomic E-state index is 11.8. The Morgan fingerprint density at radius 3 is 2.71 bits per heavy atom. The number of nitrogens with one attached hydrogen (secondary N) is 1. The fraction of sp³-hybridized carbons (Fsp3) is 0.105. The van der Waals surface area contributed by atoms with Gasteiger partial charge < -0.3 is 19.6 Å². The zero-order valence-electron chi connectivity index (χ0n) is 14.3. The van der Waals surface area contributed by atoms with Gasteiger partial charge in [0.05, 0.1) is 16.1 Å². The number of benzene rings is 2. The first-order chi connectivity index (χ1) is 13.5. The highest BCUT2D eigenvalue weighted by molar-refractivity contribution is 6.35. The van der Waals surface area contributed by atoms with E-state index in [1.807, 2.05) is 12.1 Å². The van der Waals surface area contributed by atoms with E-state index in [1.165, 1.54) is 12.1 Å². The second-order valence-corrected chi connectivity index (χ2v) is 6.40. The molecular weight excluding hydrogens is 405 g/mol. The lowest BCUT2D eigenvalue weighted by atomic mass is 10.2. The Morgan fingerprint density at radius 1 is 1.21 bits per heavy atom. The van der Waals surface area contributed by atoms with Gasteiger partial charge in [-0.15, -0.1) is 0 Å². The van der Waals surface area contributed by atoms with Gasteiger partial charge in [0.1, 0.15) is 24.0 Å². The molecule has 142 valence electrons. The number of aliphatic hydroxyl groups excluding tert-OH is 1. The molecule has 0 aliphatic carbocycles. The van der Waals surface area contributed by atoms with Gasteiger partial charge in [0.15, 0.2) is 18.2 Å². The van der Waals surface area contributed by atoms with Crippen LogP contribution in [0.2, 0.25) is 10.0 Å². The average Bonchev–Trinajstić information content (AvgIpc) is 3.10. The van der Waals surface area contributed by atoms with E-state index < -0.39 is 24.9 Å². The number of carbonyl (C=O) groups excluding carboxylic acids is 1. The summed E-state index contributed by atoms with van der Waals surface area (Å²) < 4.78 is 10.2. The summed E-state index contributed by atoms with van der Waals surface area (Å²) in [6.07, 6.45) is 0. The molecule has 0 atom stereocenters. The number of para-hydroxylation sites is 2. The van der Waals surface area contributed by atoms with Crippen LogP contribution >= 0.6 is 23.2 Å². The fourth-order valence-electron chi connectivity index (χ4n) is 2.32. The molecule has 0 spiro atoms. The first-order valence-corrected chi connectivity index (χ1v) is 8.74. The number of allylic oxidation sites excluding steroid dienone is 1. The molecule has 2 N–H and O–H groups in total. The largest absolute Gasteiger partial charge is 0.507 e. The Hall–Kier alpha value is -3.21. The standard InChI is InChI=1S/C19H13Cl2N3O4/c20-11-5-6-17(13(21)7-11)27-10-18(26)28-9-16(25)12(8-22)19-23-14-3-1-2-4-15(14)24-19/h1-7,25H,9-10H2,(H,23,24)/b16-12-. The SMILES string of the molecule is N#C/C(=C(/O)COC(=O)COc1ccc(Cl)cc1Cl)c1nc2ccccc2[nH]1. The summed E-state index contributed by atoms with van der Waals surface area (Å²) >= 11 is 11.7. The smallest absolute Gasteiger partial charge is 0.344 e. The van der Waals surface area contributed by atoms with Crippen LogP contribution < -0.4 is 4.74 Å². The van der Waals surface area contributed by atoms with Crippen molar-refractivity contribution in [3.63, 3.8) is 0 Å². The molecule has 1 aromatic heterocycles. The van der Waals surface area contributed by atoms with Gasteiger partial charge in [-0.3, -0.25) is 0 Å². The highest BCUT2D eigenvalue weighted by Gasteiger charge is 2.15. The van der Waals surface area contributed by atoms with Crippen LogP contribution in [0, 0.1) is 11.3 Å². The third kappa shape index (κ3) is 4.55. The van der Waals surface area contributed by atoms with Gasteiger partial charge in [0.2, 0.25) is 0 Å². The number of hydrogen-bond donors (Lipinski definition) is 2. The van der Waals surface area contributed by atoms with Gasteiger partial charge in [-0.1, -0.05) is 35.3 Å². The van der Waals surface area contributed by atoms with Crippen molar-refractivity contribution >= 4 is 45.8 Å². The van der Waals surface area contributed by atoms with E-state index in [0.717, 1.165) is 0 Å². The normalized spacial score (nSPS) is 11.6. The predicted octanol–water partition coefficient (Wildman–Crippen LogP) is 4.28. The minimum Gasteiger partial charge on any atom is -0.507 e. The number of hydrogen-bond acceptors (Lipinski definition) is 6. The number of ether oxygens (including phenoxy) is 2. The Labute approximate surface area is 169 Å². The van der Waals surface area contributed by atoms with Crippen LogP contribution in [-0.2, 0) is 9.53 Å². The number of rotatable bonds is 6. The second kappa shape index (κ2) is 8.65. The molecule has 0 unspecified atom stereocenters. The summed E-state index contributed by atoms with van der Waals surface area (Å²) in [4.78, 5) is 19.0. The van der Waals surface area contributed by atoms with E-state index in [2.05, 4.69) is 9.97 Å². The van der Waals surface area contributed by atoms with Crippen molar-refractivity contribution in [1.82, 2.24) is 9.97 Å². The molecule has 0 bridgehead atoms. The summed E-state index contributed by atoms with van der Waals surface area (Å²) in [5.41, 5.74) is 1.23. The second-order valence-electron chi connectivity index (χ2n) is 5.56. The van der Waals surface area contributed by atoms with Crippen molar-refractivity contribution in [2.45, 2.75) is 0 Å². The minimum absolute atomic E-state index is 0.120. The molecule has 0 saturated heterocycles. The fourth-order valence-corrected chi connectivity index (χ4v) is 2.78. The number of nitriles is 1. The Bertz CT molecular complexity index is 1070. The van der Waals surface area contributed by atoms with Crippen molar-refractivity contribution in [1.29, 1.82) is 5.26 Å². The van der Waals surface area contributed by atoms with E-state index in [9.17, 15) is 15.2 Å². The lowest BCUT2D eigenvalue weighted by Gasteiger charge is -2.08. The molecule has 3 rings (SSSR count). The average molecular weight is 418 g/mol. The van der Waals surface area contributed by atoms with Gasteiger partial charge in [-0.2, -0.15) is 5.26 Å². The Morgan fingerprint density at radius 2 is 2.00 bits per heavy atom. The lowest BCUT2D eigenvalue weighted by Crippen LogP contribution is -2.16. The summed E-state index contributed by atoms with van der Waals surface area (Å²) in [6, 6.07) is 13.6. The molecule has 3 aromatic rings. The van der Waals surface area contributed by atoms with Crippen LogP contribution in [0.4, 0.5) is 0 Å². The minimum atomic E-state index is -0.750. The maximum Gasteiger partial charge on any atom is 0.344 e. The number of aromatic nitrogens is 2. The number of esters is 1. The van der Waals surface area contributed by atoms with Gasteiger partial charge in [0.25, 0.3) is 0 Å². The number of aromatic amines is 1.